The molecule has 1 aliphatic carbocycles. The Morgan fingerprint density at radius 1 is 1.42 bits per heavy atom. The van der Waals surface area contributed by atoms with Gasteiger partial charge in [0.05, 0.1) is 29.3 Å². The normalized spacial score (nSPS) is 23.1. The second-order valence-corrected chi connectivity index (χ2v) is 8.92. The van der Waals surface area contributed by atoms with Crippen molar-refractivity contribution in [1.82, 2.24) is 19.7 Å². The minimum atomic E-state index is -1.44. The number of aromatic nitrogens is 4. The molecular weight excluding hydrogens is 489 g/mol. The molecule has 1 aromatic carbocycles. The lowest BCUT2D eigenvalue weighted by Gasteiger charge is -2.18. The predicted molar refractivity (Wildman–Crippen MR) is 118 cm³/mol. The number of aliphatic hydroxyl groups excluding tert-OH is 1. The Bertz CT molecular complexity index is 1110. The lowest BCUT2D eigenvalue weighted by Crippen LogP contribution is -2.32. The van der Waals surface area contributed by atoms with Crippen LogP contribution in [-0.2, 0) is 6.54 Å². The summed E-state index contributed by atoms with van der Waals surface area (Å²) in [6.07, 6.45) is 2.34. The van der Waals surface area contributed by atoms with Crippen molar-refractivity contribution in [3.05, 3.63) is 69.3 Å². The molecule has 2 aromatic heterocycles. The van der Waals surface area contributed by atoms with Crippen molar-refractivity contribution in [2.75, 3.05) is 5.32 Å². The molecule has 162 valence electrons. The average molecular weight is 509 g/mol. The first-order valence-electron chi connectivity index (χ1n) is 9.74. The highest BCUT2D eigenvalue weighted by Gasteiger charge is 2.41. The Balaban J connectivity index is 1.52. The van der Waals surface area contributed by atoms with E-state index < -0.39 is 18.3 Å². The van der Waals surface area contributed by atoms with E-state index in [9.17, 15) is 14.3 Å². The lowest BCUT2D eigenvalue weighted by molar-refractivity contribution is 0.0725. The number of nitrogens with zero attached hydrogens (tertiary/aromatic N) is 4. The van der Waals surface area contributed by atoms with E-state index in [1.807, 2.05) is 12.1 Å². The van der Waals surface area contributed by atoms with Gasteiger partial charge in [-0.2, -0.15) is 5.10 Å². The van der Waals surface area contributed by atoms with Crippen molar-refractivity contribution in [1.29, 1.82) is 0 Å². The van der Waals surface area contributed by atoms with Gasteiger partial charge in [0, 0.05) is 16.9 Å². The Kier molecular flexibility index (Phi) is 6.36. The summed E-state index contributed by atoms with van der Waals surface area (Å²) in [7, 11) is 0. The number of benzene rings is 1. The number of anilines is 1. The van der Waals surface area contributed by atoms with Crippen LogP contribution in [0.1, 0.15) is 35.0 Å². The van der Waals surface area contributed by atoms with E-state index >= 15 is 0 Å². The smallest absolute Gasteiger partial charge is 0.218 e. The summed E-state index contributed by atoms with van der Waals surface area (Å²) in [4.78, 5) is 21.1. The average Bonchev–Trinajstić information content (AvgIpc) is 3.31. The molecule has 2 N–H and O–H groups in total. The Morgan fingerprint density at radius 3 is 2.94 bits per heavy atom. The molecule has 1 fully saturated rings. The molecule has 1 aliphatic rings. The molecule has 0 bridgehead atoms. The summed E-state index contributed by atoms with van der Waals surface area (Å²) in [5.74, 6) is -0.330. The maximum atomic E-state index is 14.4. The number of carbonyl (C=O) groups excluding carboxylic acids is 1. The Hall–Kier alpha value is -2.36. The molecular formula is C21H20BrClFN5O2. The SMILES string of the molecule is C[C@@H]1C[C@@H](Nc2ncncc2C(=O)c2ccn(Cc3ccc(Cl)c(Br)c3)n2)[C@@H](F)[C@@H]1O. The molecule has 2 heterocycles. The van der Waals surface area contributed by atoms with Crippen LogP contribution in [-0.4, -0.2) is 49.0 Å². The zero-order chi connectivity index (χ0) is 22.1. The zero-order valence-corrected chi connectivity index (χ0v) is 18.9. The molecule has 0 radical (unpaired) electrons. The zero-order valence-electron chi connectivity index (χ0n) is 16.5. The summed E-state index contributed by atoms with van der Waals surface area (Å²) in [6, 6.07) is 6.54. The number of carbonyl (C=O) groups is 1. The first-order valence-corrected chi connectivity index (χ1v) is 10.9. The fourth-order valence-corrected chi connectivity index (χ4v) is 4.22. The second-order valence-electron chi connectivity index (χ2n) is 7.66. The monoisotopic (exact) mass is 507 g/mol. The minimum Gasteiger partial charge on any atom is -0.390 e. The highest BCUT2D eigenvalue weighted by Crippen LogP contribution is 2.31. The molecule has 7 nitrogen and oxygen atoms in total. The van der Waals surface area contributed by atoms with E-state index in [-0.39, 0.29) is 28.8 Å². The van der Waals surface area contributed by atoms with Crippen molar-refractivity contribution in [3.8, 4) is 0 Å². The number of hydrogen-bond donors (Lipinski definition) is 2. The fraction of sp³-hybridized carbons (Fsp3) is 0.333. The van der Waals surface area contributed by atoms with E-state index in [1.54, 1.807) is 29.9 Å². The molecule has 0 unspecified atom stereocenters. The number of ketones is 1. The maximum Gasteiger partial charge on any atom is 0.218 e. The summed E-state index contributed by atoms with van der Waals surface area (Å²) < 4.78 is 16.8. The molecule has 3 aromatic rings. The Labute approximate surface area is 191 Å². The summed E-state index contributed by atoms with van der Waals surface area (Å²) in [5, 5.41) is 17.8. The van der Waals surface area contributed by atoms with Gasteiger partial charge in [-0.3, -0.25) is 9.48 Å². The van der Waals surface area contributed by atoms with Gasteiger partial charge in [-0.1, -0.05) is 24.6 Å². The van der Waals surface area contributed by atoms with Crippen LogP contribution in [0, 0.1) is 5.92 Å². The summed E-state index contributed by atoms with van der Waals surface area (Å²) in [6.45, 7) is 2.25. The van der Waals surface area contributed by atoms with E-state index in [0.717, 1.165) is 10.0 Å². The van der Waals surface area contributed by atoms with E-state index in [4.69, 9.17) is 11.6 Å². The summed E-state index contributed by atoms with van der Waals surface area (Å²) >= 11 is 9.42. The van der Waals surface area contributed by atoms with Crippen LogP contribution in [0.3, 0.4) is 0 Å². The molecule has 10 heteroatoms. The van der Waals surface area contributed by atoms with Gasteiger partial charge in [0.1, 0.15) is 24.0 Å². The second kappa shape index (κ2) is 9.02. The standard InChI is InChI=1S/C21H20BrClFN5O2/c1-11-6-17(18(24)19(11)30)27-21-13(8-25-10-26-21)20(31)16-4-5-29(28-16)9-12-2-3-15(23)14(22)7-12/h2-5,7-8,10-11,17-19,30H,6,9H2,1H3,(H,25,26,27)/t11-,17-,18-,19-/m1/s1. The van der Waals surface area contributed by atoms with Crippen molar-refractivity contribution in [2.24, 2.45) is 5.92 Å². The van der Waals surface area contributed by atoms with Gasteiger partial charge in [-0.05, 0) is 52.0 Å². The Morgan fingerprint density at radius 2 is 2.23 bits per heavy atom. The molecule has 0 aliphatic heterocycles. The van der Waals surface area contributed by atoms with Crippen LogP contribution in [0.5, 0.6) is 0 Å². The molecule has 0 saturated heterocycles. The number of aliphatic hydroxyl groups is 1. The summed E-state index contributed by atoms with van der Waals surface area (Å²) in [5.41, 5.74) is 1.39. The highest BCUT2D eigenvalue weighted by molar-refractivity contribution is 9.10. The van der Waals surface area contributed by atoms with E-state index in [0.29, 0.717) is 18.0 Å². The van der Waals surface area contributed by atoms with Crippen LogP contribution in [0.2, 0.25) is 5.02 Å². The van der Waals surface area contributed by atoms with Crippen molar-refractivity contribution in [3.63, 3.8) is 0 Å². The number of alkyl halides is 1. The molecule has 0 spiro atoms. The van der Waals surface area contributed by atoms with Gasteiger partial charge < -0.3 is 10.4 Å². The van der Waals surface area contributed by atoms with Crippen LogP contribution in [0.25, 0.3) is 0 Å². The number of rotatable bonds is 6. The predicted octanol–water partition coefficient (Wildman–Crippen LogP) is 3.89. The third kappa shape index (κ3) is 4.63. The van der Waals surface area contributed by atoms with Crippen molar-refractivity contribution >= 4 is 39.1 Å². The topological polar surface area (TPSA) is 92.9 Å². The van der Waals surface area contributed by atoms with Crippen molar-refractivity contribution in [2.45, 2.75) is 38.2 Å². The van der Waals surface area contributed by atoms with Crippen LogP contribution in [0.4, 0.5) is 10.2 Å². The molecule has 31 heavy (non-hydrogen) atoms. The van der Waals surface area contributed by atoms with Crippen LogP contribution in [0.15, 0.2) is 47.5 Å². The molecule has 4 atom stereocenters. The van der Waals surface area contributed by atoms with Gasteiger partial charge >= 0.3 is 0 Å². The van der Waals surface area contributed by atoms with Gasteiger partial charge in [0.15, 0.2) is 0 Å². The third-order valence-electron chi connectivity index (χ3n) is 5.40. The lowest BCUT2D eigenvalue weighted by atomic mass is 10.1. The molecule has 1 saturated carbocycles. The maximum absolute atomic E-state index is 14.4. The number of hydrogen-bond acceptors (Lipinski definition) is 6. The largest absolute Gasteiger partial charge is 0.390 e. The van der Waals surface area contributed by atoms with Crippen LogP contribution >= 0.6 is 27.5 Å². The highest BCUT2D eigenvalue weighted by atomic mass is 79.9. The van der Waals surface area contributed by atoms with E-state index in [1.165, 1.54) is 12.5 Å². The molecule has 0 amide bonds. The van der Waals surface area contributed by atoms with Gasteiger partial charge in [0.2, 0.25) is 5.78 Å². The van der Waals surface area contributed by atoms with Crippen LogP contribution < -0.4 is 5.32 Å². The van der Waals surface area contributed by atoms with Gasteiger partial charge in [0.25, 0.3) is 0 Å². The first kappa shape index (κ1) is 21.9. The minimum absolute atomic E-state index is 0.183. The quantitative estimate of drug-likeness (QED) is 0.491. The number of halogens is 3. The van der Waals surface area contributed by atoms with Gasteiger partial charge in [-0.25, -0.2) is 14.4 Å². The fourth-order valence-electron chi connectivity index (χ4n) is 3.68. The number of nitrogens with one attached hydrogen (secondary N) is 1. The van der Waals surface area contributed by atoms with Gasteiger partial charge in [-0.15, -0.1) is 0 Å². The molecule has 4 rings (SSSR count). The first-order chi connectivity index (χ1) is 14.8. The van der Waals surface area contributed by atoms with Crippen molar-refractivity contribution < 1.29 is 14.3 Å². The van der Waals surface area contributed by atoms with E-state index in [2.05, 4.69) is 36.3 Å². The third-order valence-corrected chi connectivity index (χ3v) is 6.61.